The Morgan fingerprint density at radius 1 is 1.33 bits per heavy atom. The first-order valence-electron chi connectivity index (χ1n) is 3.72. The fourth-order valence-corrected chi connectivity index (χ4v) is 1.21. The summed E-state index contributed by atoms with van der Waals surface area (Å²) in [6.07, 6.45) is 0.321. The molecule has 1 unspecified atom stereocenters. The predicted octanol–water partition coefficient (Wildman–Crippen LogP) is 2.83. The van der Waals surface area contributed by atoms with E-state index in [4.69, 9.17) is 0 Å². The van der Waals surface area contributed by atoms with E-state index in [1.165, 1.54) is 18.2 Å². The lowest BCUT2D eigenvalue weighted by atomic mass is 10.1. The molecule has 0 aromatic heterocycles. The third kappa shape index (κ3) is 2.21. The molecule has 0 aliphatic carbocycles. The van der Waals surface area contributed by atoms with Gasteiger partial charge >= 0.3 is 0 Å². The minimum atomic E-state index is -0.490. The molecular formula is C9H10F2S. The molecule has 0 aliphatic rings. The van der Waals surface area contributed by atoms with Crippen LogP contribution in [0.3, 0.4) is 0 Å². The summed E-state index contributed by atoms with van der Waals surface area (Å²) in [5, 5.41) is -0.0311. The largest absolute Gasteiger partial charge is 0.207 e. The van der Waals surface area contributed by atoms with Gasteiger partial charge in [-0.1, -0.05) is 13.0 Å². The summed E-state index contributed by atoms with van der Waals surface area (Å²) in [5.41, 5.74) is 0.125. The highest BCUT2D eigenvalue weighted by molar-refractivity contribution is 7.80. The van der Waals surface area contributed by atoms with Gasteiger partial charge in [0.25, 0.3) is 0 Å². The maximum atomic E-state index is 12.9. The second-order valence-corrected chi connectivity index (χ2v) is 3.63. The molecule has 0 N–H and O–H groups in total. The van der Waals surface area contributed by atoms with Crippen LogP contribution in [0.25, 0.3) is 0 Å². The predicted molar refractivity (Wildman–Crippen MR) is 48.5 cm³/mol. The number of rotatable bonds is 2. The van der Waals surface area contributed by atoms with Gasteiger partial charge in [0.05, 0.1) is 0 Å². The number of hydrogen-bond acceptors (Lipinski definition) is 1. The molecule has 12 heavy (non-hydrogen) atoms. The SMILES string of the molecule is CC(S)Cc1c(F)cccc1F. The summed E-state index contributed by atoms with van der Waals surface area (Å²) in [6.45, 7) is 1.80. The molecule has 0 spiro atoms. The van der Waals surface area contributed by atoms with Gasteiger partial charge in [-0.3, -0.25) is 0 Å². The van der Waals surface area contributed by atoms with Crippen molar-refractivity contribution < 1.29 is 8.78 Å². The van der Waals surface area contributed by atoms with Crippen molar-refractivity contribution in [3.8, 4) is 0 Å². The molecule has 0 saturated heterocycles. The maximum absolute atomic E-state index is 12.9. The van der Waals surface area contributed by atoms with Gasteiger partial charge in [0.1, 0.15) is 11.6 Å². The Labute approximate surface area is 76.0 Å². The smallest absolute Gasteiger partial charge is 0.129 e. The highest BCUT2D eigenvalue weighted by Crippen LogP contribution is 2.15. The average Bonchev–Trinajstić information content (AvgIpc) is 1.97. The van der Waals surface area contributed by atoms with Gasteiger partial charge < -0.3 is 0 Å². The van der Waals surface area contributed by atoms with Gasteiger partial charge in [-0.25, -0.2) is 8.78 Å². The molecule has 0 aliphatic heterocycles. The van der Waals surface area contributed by atoms with Crippen LogP contribution in [-0.4, -0.2) is 5.25 Å². The van der Waals surface area contributed by atoms with Crippen LogP contribution in [0.4, 0.5) is 8.78 Å². The molecule has 0 nitrogen and oxygen atoms in total. The van der Waals surface area contributed by atoms with Crippen LogP contribution >= 0.6 is 12.6 Å². The summed E-state index contributed by atoms with van der Waals surface area (Å²) in [6, 6.07) is 3.88. The number of benzene rings is 1. The van der Waals surface area contributed by atoms with E-state index in [2.05, 4.69) is 12.6 Å². The molecule has 0 radical (unpaired) electrons. The summed E-state index contributed by atoms with van der Waals surface area (Å²) in [7, 11) is 0. The molecule has 0 saturated carbocycles. The molecular weight excluding hydrogens is 178 g/mol. The fourth-order valence-electron chi connectivity index (χ4n) is 1.02. The van der Waals surface area contributed by atoms with E-state index in [-0.39, 0.29) is 10.8 Å². The molecule has 1 aromatic rings. The van der Waals surface area contributed by atoms with E-state index < -0.39 is 11.6 Å². The van der Waals surface area contributed by atoms with Crippen molar-refractivity contribution in [1.29, 1.82) is 0 Å². The van der Waals surface area contributed by atoms with E-state index in [0.717, 1.165) is 0 Å². The van der Waals surface area contributed by atoms with Crippen LogP contribution in [0.5, 0.6) is 0 Å². The van der Waals surface area contributed by atoms with E-state index in [0.29, 0.717) is 6.42 Å². The van der Waals surface area contributed by atoms with Gasteiger partial charge in [-0.2, -0.15) is 12.6 Å². The van der Waals surface area contributed by atoms with Crippen molar-refractivity contribution in [3.63, 3.8) is 0 Å². The van der Waals surface area contributed by atoms with Crippen LogP contribution in [0.1, 0.15) is 12.5 Å². The normalized spacial score (nSPS) is 13.0. The standard InChI is InChI=1S/C9H10F2S/c1-6(12)5-7-8(10)3-2-4-9(7)11/h2-4,6,12H,5H2,1H3. The molecule has 0 bridgehead atoms. The third-order valence-corrected chi connectivity index (χ3v) is 1.74. The first kappa shape index (κ1) is 9.52. The molecule has 3 heteroatoms. The van der Waals surface area contributed by atoms with Crippen LogP contribution in [0.15, 0.2) is 18.2 Å². The summed E-state index contributed by atoms with van der Waals surface area (Å²) in [4.78, 5) is 0. The molecule has 1 atom stereocenters. The Hall–Kier alpha value is -0.570. The summed E-state index contributed by atoms with van der Waals surface area (Å²) < 4.78 is 25.9. The van der Waals surface area contributed by atoms with Crippen LogP contribution in [0.2, 0.25) is 0 Å². The zero-order valence-corrected chi connectivity index (χ0v) is 7.61. The van der Waals surface area contributed by atoms with Crippen molar-refractivity contribution >= 4 is 12.6 Å². The Kier molecular flexibility index (Phi) is 3.09. The Morgan fingerprint density at radius 2 is 1.83 bits per heavy atom. The lowest BCUT2D eigenvalue weighted by Crippen LogP contribution is -2.02. The molecule has 0 heterocycles. The lowest BCUT2D eigenvalue weighted by Gasteiger charge is -2.06. The van der Waals surface area contributed by atoms with Gasteiger partial charge in [0.15, 0.2) is 0 Å². The number of halogens is 2. The van der Waals surface area contributed by atoms with Crippen molar-refractivity contribution in [3.05, 3.63) is 35.4 Å². The van der Waals surface area contributed by atoms with E-state index in [9.17, 15) is 8.78 Å². The van der Waals surface area contributed by atoms with Gasteiger partial charge in [-0.05, 0) is 18.6 Å². The Morgan fingerprint density at radius 3 is 2.25 bits per heavy atom. The molecule has 0 amide bonds. The average molecular weight is 188 g/mol. The zero-order valence-electron chi connectivity index (χ0n) is 6.72. The third-order valence-electron chi connectivity index (χ3n) is 1.56. The van der Waals surface area contributed by atoms with Crippen molar-refractivity contribution in [1.82, 2.24) is 0 Å². The van der Waals surface area contributed by atoms with Crippen LogP contribution in [-0.2, 0) is 6.42 Å². The maximum Gasteiger partial charge on any atom is 0.129 e. The highest BCUT2D eigenvalue weighted by Gasteiger charge is 2.09. The van der Waals surface area contributed by atoms with Gasteiger partial charge in [0, 0.05) is 10.8 Å². The van der Waals surface area contributed by atoms with Crippen LogP contribution in [0, 0.1) is 11.6 Å². The van der Waals surface area contributed by atoms with Crippen molar-refractivity contribution in [2.24, 2.45) is 0 Å². The van der Waals surface area contributed by atoms with Crippen LogP contribution < -0.4 is 0 Å². The fraction of sp³-hybridized carbons (Fsp3) is 0.333. The van der Waals surface area contributed by atoms with E-state index in [1.807, 2.05) is 0 Å². The minimum Gasteiger partial charge on any atom is -0.207 e. The van der Waals surface area contributed by atoms with E-state index in [1.54, 1.807) is 6.92 Å². The summed E-state index contributed by atoms with van der Waals surface area (Å²) in [5.74, 6) is -0.980. The second-order valence-electron chi connectivity index (χ2n) is 2.75. The first-order chi connectivity index (χ1) is 5.61. The highest BCUT2D eigenvalue weighted by atomic mass is 32.1. The topological polar surface area (TPSA) is 0 Å². The number of thiol groups is 1. The molecule has 0 fully saturated rings. The van der Waals surface area contributed by atoms with Crippen molar-refractivity contribution in [2.45, 2.75) is 18.6 Å². The van der Waals surface area contributed by atoms with Gasteiger partial charge in [0.2, 0.25) is 0 Å². The molecule has 1 rings (SSSR count). The Balaban J connectivity index is 2.96. The minimum absolute atomic E-state index is 0.0311. The monoisotopic (exact) mass is 188 g/mol. The Bertz CT molecular complexity index is 251. The summed E-state index contributed by atoms with van der Waals surface area (Å²) >= 11 is 4.07. The first-order valence-corrected chi connectivity index (χ1v) is 4.24. The number of hydrogen-bond donors (Lipinski definition) is 1. The van der Waals surface area contributed by atoms with Crippen molar-refractivity contribution in [2.75, 3.05) is 0 Å². The van der Waals surface area contributed by atoms with Gasteiger partial charge in [-0.15, -0.1) is 0 Å². The molecule has 1 aromatic carbocycles. The lowest BCUT2D eigenvalue weighted by molar-refractivity contribution is 0.554. The van der Waals surface area contributed by atoms with E-state index >= 15 is 0 Å². The zero-order chi connectivity index (χ0) is 9.14. The second kappa shape index (κ2) is 3.90. The molecule has 66 valence electrons. The quantitative estimate of drug-likeness (QED) is 0.678.